The third-order valence-corrected chi connectivity index (χ3v) is 4.72. The summed E-state index contributed by atoms with van der Waals surface area (Å²) in [6.45, 7) is 2.22. The Labute approximate surface area is 153 Å². The Kier molecular flexibility index (Phi) is 5.73. The second kappa shape index (κ2) is 8.19. The summed E-state index contributed by atoms with van der Waals surface area (Å²) in [6, 6.07) is 8.99. The van der Waals surface area contributed by atoms with Crippen LogP contribution >= 0.6 is 0 Å². The van der Waals surface area contributed by atoms with Gasteiger partial charge in [-0.05, 0) is 60.6 Å². The molecule has 0 bridgehead atoms. The van der Waals surface area contributed by atoms with Gasteiger partial charge in [-0.15, -0.1) is 0 Å². The third kappa shape index (κ3) is 4.32. The molecule has 0 unspecified atom stereocenters. The van der Waals surface area contributed by atoms with Gasteiger partial charge in [-0.25, -0.2) is 8.78 Å². The maximum atomic E-state index is 13.5. The molecular formula is C23H23F2N. The molecular weight excluding hydrogens is 328 g/mol. The number of fused-ring (bicyclic) bond motifs is 1. The van der Waals surface area contributed by atoms with E-state index in [0.29, 0.717) is 5.56 Å². The maximum Gasteiger partial charge on any atom is 0.150 e. The molecule has 0 aromatic heterocycles. The lowest BCUT2D eigenvalue weighted by atomic mass is 9.90. The highest BCUT2D eigenvalue weighted by Gasteiger charge is 2.10. The fourth-order valence-electron chi connectivity index (χ4n) is 3.19. The molecule has 134 valence electrons. The summed E-state index contributed by atoms with van der Waals surface area (Å²) >= 11 is 0. The lowest BCUT2D eigenvalue weighted by Crippen LogP contribution is -2.00. The van der Waals surface area contributed by atoms with E-state index in [1.165, 1.54) is 48.1 Å². The number of benzene rings is 2. The molecule has 0 radical (unpaired) electrons. The molecule has 1 aliphatic carbocycles. The van der Waals surface area contributed by atoms with Gasteiger partial charge in [0.2, 0.25) is 0 Å². The number of halogens is 2. The van der Waals surface area contributed by atoms with E-state index < -0.39 is 17.3 Å². The highest BCUT2D eigenvalue weighted by Crippen LogP contribution is 2.25. The zero-order valence-corrected chi connectivity index (χ0v) is 15.0. The molecule has 2 aromatic carbocycles. The van der Waals surface area contributed by atoms with Crippen molar-refractivity contribution in [1.29, 1.82) is 0 Å². The van der Waals surface area contributed by atoms with E-state index in [9.17, 15) is 8.78 Å². The van der Waals surface area contributed by atoms with Gasteiger partial charge in [-0.1, -0.05) is 49.8 Å². The smallest absolute Gasteiger partial charge is 0.150 e. The van der Waals surface area contributed by atoms with Crippen LogP contribution in [0.4, 0.5) is 14.5 Å². The molecule has 0 atom stereocenters. The molecule has 3 heteroatoms. The lowest BCUT2D eigenvalue weighted by molar-refractivity contribution is 0.591. The molecule has 0 fully saturated rings. The average Bonchev–Trinajstić information content (AvgIpc) is 2.64. The number of unbranched alkanes of at least 4 members (excludes halogenated alkanes) is 2. The molecule has 0 amide bonds. The van der Waals surface area contributed by atoms with E-state index in [-0.39, 0.29) is 0 Å². The normalized spacial score (nSPS) is 12.8. The first kappa shape index (κ1) is 18.2. The number of hydrogen-bond acceptors (Lipinski definition) is 1. The van der Waals surface area contributed by atoms with Gasteiger partial charge < -0.3 is 5.73 Å². The maximum absolute atomic E-state index is 13.5. The van der Waals surface area contributed by atoms with Crippen LogP contribution in [0, 0.1) is 23.5 Å². The number of rotatable bonds is 4. The highest BCUT2D eigenvalue weighted by molar-refractivity contribution is 5.65. The number of aryl methyl sites for hydroxylation is 2. The Morgan fingerprint density at radius 1 is 1.00 bits per heavy atom. The van der Waals surface area contributed by atoms with Crippen molar-refractivity contribution in [2.75, 3.05) is 5.73 Å². The predicted octanol–water partition coefficient (Wildman–Crippen LogP) is 5.66. The molecule has 0 saturated heterocycles. The standard InChI is InChI=1S/C23H23F2N/c1-2-3-4-5-16-8-10-20-13-17(9-11-19(20)12-16)6-7-18-14-21(24)23(26)22(25)15-18/h8,10,12-15H,2-5,9,11,26H2,1H3. The van der Waals surface area contributed by atoms with Gasteiger partial charge in [0, 0.05) is 11.1 Å². The van der Waals surface area contributed by atoms with Gasteiger partial charge in [0.15, 0.2) is 0 Å². The minimum Gasteiger partial charge on any atom is -0.394 e. The second-order valence-corrected chi connectivity index (χ2v) is 6.76. The minimum atomic E-state index is -0.770. The molecule has 1 nitrogen and oxygen atoms in total. The molecule has 1 aliphatic rings. The molecule has 0 saturated carbocycles. The van der Waals surface area contributed by atoms with E-state index in [2.05, 4.69) is 43.0 Å². The van der Waals surface area contributed by atoms with Gasteiger partial charge in [0.25, 0.3) is 0 Å². The van der Waals surface area contributed by atoms with Crippen LogP contribution in [0.5, 0.6) is 0 Å². The summed E-state index contributed by atoms with van der Waals surface area (Å²) < 4.78 is 27.0. The van der Waals surface area contributed by atoms with Gasteiger partial charge in [0.1, 0.15) is 17.3 Å². The number of hydrogen-bond donors (Lipinski definition) is 1. The van der Waals surface area contributed by atoms with Gasteiger partial charge in [0.05, 0.1) is 0 Å². The van der Waals surface area contributed by atoms with E-state index in [1.807, 2.05) is 0 Å². The van der Waals surface area contributed by atoms with Crippen LogP contribution < -0.4 is 5.73 Å². The fourth-order valence-corrected chi connectivity index (χ4v) is 3.19. The van der Waals surface area contributed by atoms with Crippen molar-refractivity contribution in [2.45, 2.75) is 45.4 Å². The average molecular weight is 351 g/mol. The van der Waals surface area contributed by atoms with Gasteiger partial charge in [-0.3, -0.25) is 0 Å². The monoisotopic (exact) mass is 351 g/mol. The first-order valence-corrected chi connectivity index (χ1v) is 9.15. The third-order valence-electron chi connectivity index (χ3n) is 4.72. The summed E-state index contributed by atoms with van der Waals surface area (Å²) in [4.78, 5) is 0. The van der Waals surface area contributed by atoms with E-state index >= 15 is 0 Å². The van der Waals surface area contributed by atoms with Crippen LogP contribution in [0.2, 0.25) is 0 Å². The number of allylic oxidation sites excluding steroid dienone is 1. The fraction of sp³-hybridized carbons (Fsp3) is 0.304. The first-order valence-electron chi connectivity index (χ1n) is 9.15. The molecule has 2 aromatic rings. The summed E-state index contributed by atoms with van der Waals surface area (Å²) in [6.07, 6.45) is 8.73. The first-order chi connectivity index (χ1) is 12.6. The van der Waals surface area contributed by atoms with Crippen molar-refractivity contribution in [2.24, 2.45) is 0 Å². The van der Waals surface area contributed by atoms with E-state index in [0.717, 1.165) is 24.8 Å². The Bertz CT molecular complexity index is 877. The molecule has 26 heavy (non-hydrogen) atoms. The van der Waals surface area contributed by atoms with Crippen LogP contribution in [0.15, 0.2) is 35.9 Å². The number of nitrogens with two attached hydrogens (primary N) is 1. The van der Waals surface area contributed by atoms with Crippen LogP contribution in [-0.4, -0.2) is 0 Å². The molecule has 0 aliphatic heterocycles. The Hall–Kier alpha value is -2.60. The van der Waals surface area contributed by atoms with Crippen LogP contribution in [0.1, 0.15) is 54.9 Å². The van der Waals surface area contributed by atoms with Crippen molar-refractivity contribution in [3.63, 3.8) is 0 Å². The largest absolute Gasteiger partial charge is 0.394 e. The summed E-state index contributed by atoms with van der Waals surface area (Å²) in [7, 11) is 0. The van der Waals surface area contributed by atoms with Crippen LogP contribution in [0.3, 0.4) is 0 Å². The zero-order valence-electron chi connectivity index (χ0n) is 15.0. The van der Waals surface area contributed by atoms with Gasteiger partial charge in [-0.2, -0.15) is 0 Å². The predicted molar refractivity (Wildman–Crippen MR) is 104 cm³/mol. The van der Waals surface area contributed by atoms with Crippen molar-refractivity contribution in [3.8, 4) is 11.8 Å². The summed E-state index contributed by atoms with van der Waals surface area (Å²) in [5, 5.41) is 0. The van der Waals surface area contributed by atoms with Crippen molar-refractivity contribution in [3.05, 3.63) is 69.8 Å². The lowest BCUT2D eigenvalue weighted by Gasteiger charge is -2.15. The molecule has 0 spiro atoms. The molecule has 3 rings (SSSR count). The second-order valence-electron chi connectivity index (χ2n) is 6.76. The SMILES string of the molecule is CCCCCc1ccc2c(c1)CCC(C#Cc1cc(F)c(N)c(F)c1)=C2. The van der Waals surface area contributed by atoms with E-state index in [1.54, 1.807) is 0 Å². The van der Waals surface area contributed by atoms with Crippen molar-refractivity contribution >= 4 is 11.8 Å². The zero-order chi connectivity index (χ0) is 18.5. The quantitative estimate of drug-likeness (QED) is 0.429. The van der Waals surface area contributed by atoms with Crippen molar-refractivity contribution < 1.29 is 8.78 Å². The topological polar surface area (TPSA) is 26.0 Å². The minimum absolute atomic E-state index is 0.298. The van der Waals surface area contributed by atoms with Crippen molar-refractivity contribution in [1.82, 2.24) is 0 Å². The summed E-state index contributed by atoms with van der Waals surface area (Å²) in [5.41, 5.74) is 10.0. The number of nitrogen functional groups attached to an aromatic ring is 1. The summed E-state index contributed by atoms with van der Waals surface area (Å²) in [5.74, 6) is 4.35. The van der Waals surface area contributed by atoms with Crippen LogP contribution in [0.25, 0.3) is 6.08 Å². The molecule has 2 N–H and O–H groups in total. The van der Waals surface area contributed by atoms with Gasteiger partial charge >= 0.3 is 0 Å². The Morgan fingerprint density at radius 2 is 1.77 bits per heavy atom. The van der Waals surface area contributed by atoms with E-state index in [4.69, 9.17) is 5.73 Å². The Morgan fingerprint density at radius 3 is 2.50 bits per heavy atom. The highest BCUT2D eigenvalue weighted by atomic mass is 19.1. The number of anilines is 1. The van der Waals surface area contributed by atoms with Crippen LogP contribution in [-0.2, 0) is 12.8 Å². The molecule has 0 heterocycles. The Balaban J connectivity index is 1.76.